The second kappa shape index (κ2) is 4.21. The summed E-state index contributed by atoms with van der Waals surface area (Å²) in [4.78, 5) is 0. The van der Waals surface area contributed by atoms with Crippen LogP contribution in [0.5, 0.6) is 5.75 Å². The Kier molecular flexibility index (Phi) is 2.93. The van der Waals surface area contributed by atoms with Gasteiger partial charge in [-0.15, -0.1) is 0 Å². The minimum absolute atomic E-state index is 0.205. The van der Waals surface area contributed by atoms with Crippen LogP contribution in [0.25, 0.3) is 0 Å². The second-order valence-corrected chi connectivity index (χ2v) is 4.13. The van der Waals surface area contributed by atoms with Crippen LogP contribution in [0.1, 0.15) is 35.6 Å². The standard InChI is InChI=1S/C12H17NO2/c13-5-4-11(14)10-6-8-2-1-3-9(8)7-12(10)15/h6-7,11,14-15H,1-5,13H2. The molecule has 0 fully saturated rings. The Morgan fingerprint density at radius 1 is 1.27 bits per heavy atom. The molecular formula is C12H17NO2. The van der Waals surface area contributed by atoms with E-state index in [1.54, 1.807) is 6.07 Å². The summed E-state index contributed by atoms with van der Waals surface area (Å²) in [5.74, 6) is 0.205. The Morgan fingerprint density at radius 2 is 1.93 bits per heavy atom. The molecule has 3 nitrogen and oxygen atoms in total. The van der Waals surface area contributed by atoms with E-state index in [1.807, 2.05) is 6.07 Å². The minimum atomic E-state index is -0.638. The molecule has 1 aromatic carbocycles. The molecule has 4 N–H and O–H groups in total. The number of phenolic OH excluding ortho intramolecular Hbond substituents is 1. The number of phenols is 1. The first kappa shape index (κ1) is 10.5. The van der Waals surface area contributed by atoms with Crippen LogP contribution in [0, 0.1) is 0 Å². The zero-order chi connectivity index (χ0) is 10.8. The number of benzene rings is 1. The fraction of sp³-hybridized carbons (Fsp3) is 0.500. The molecule has 0 aliphatic heterocycles. The molecule has 0 amide bonds. The van der Waals surface area contributed by atoms with Crippen molar-refractivity contribution >= 4 is 0 Å². The molecule has 1 aliphatic rings. The minimum Gasteiger partial charge on any atom is -0.508 e. The van der Waals surface area contributed by atoms with Crippen molar-refractivity contribution < 1.29 is 10.2 Å². The summed E-state index contributed by atoms with van der Waals surface area (Å²) in [6, 6.07) is 3.72. The Bertz CT molecular complexity index is 363. The molecule has 1 aliphatic carbocycles. The topological polar surface area (TPSA) is 66.5 Å². The second-order valence-electron chi connectivity index (χ2n) is 4.13. The lowest BCUT2D eigenvalue weighted by Gasteiger charge is -2.13. The first-order valence-electron chi connectivity index (χ1n) is 5.45. The fourth-order valence-corrected chi connectivity index (χ4v) is 2.21. The fourth-order valence-electron chi connectivity index (χ4n) is 2.21. The molecular weight excluding hydrogens is 190 g/mol. The third-order valence-corrected chi connectivity index (χ3v) is 3.04. The number of hydrogen-bond donors (Lipinski definition) is 3. The van der Waals surface area contributed by atoms with Gasteiger partial charge >= 0.3 is 0 Å². The molecule has 0 saturated heterocycles. The quantitative estimate of drug-likeness (QED) is 0.699. The summed E-state index contributed by atoms with van der Waals surface area (Å²) in [5.41, 5.74) is 8.50. The third kappa shape index (κ3) is 1.98. The van der Waals surface area contributed by atoms with Gasteiger partial charge in [-0.2, -0.15) is 0 Å². The summed E-state index contributed by atoms with van der Waals surface area (Å²) in [6.45, 7) is 0.428. The van der Waals surface area contributed by atoms with Gasteiger partial charge in [0.1, 0.15) is 5.75 Å². The highest BCUT2D eigenvalue weighted by molar-refractivity contribution is 5.45. The van der Waals surface area contributed by atoms with Crippen molar-refractivity contribution in [1.82, 2.24) is 0 Å². The molecule has 1 aromatic rings. The Labute approximate surface area is 89.5 Å². The number of aliphatic hydroxyl groups excluding tert-OH is 1. The molecule has 2 rings (SSSR count). The van der Waals surface area contributed by atoms with Crippen molar-refractivity contribution in [1.29, 1.82) is 0 Å². The molecule has 3 heteroatoms. The van der Waals surface area contributed by atoms with E-state index < -0.39 is 6.10 Å². The molecule has 0 bridgehead atoms. The molecule has 15 heavy (non-hydrogen) atoms. The van der Waals surface area contributed by atoms with Crippen molar-refractivity contribution in [3.8, 4) is 5.75 Å². The van der Waals surface area contributed by atoms with Gasteiger partial charge in [-0.1, -0.05) is 0 Å². The van der Waals surface area contributed by atoms with Crippen molar-refractivity contribution in [3.05, 3.63) is 28.8 Å². The summed E-state index contributed by atoms with van der Waals surface area (Å²) < 4.78 is 0. The predicted octanol–water partition coefficient (Wildman–Crippen LogP) is 1.26. The van der Waals surface area contributed by atoms with E-state index in [2.05, 4.69) is 0 Å². The van der Waals surface area contributed by atoms with Crippen LogP contribution in [0.15, 0.2) is 12.1 Å². The zero-order valence-corrected chi connectivity index (χ0v) is 8.74. The van der Waals surface area contributed by atoms with E-state index in [1.165, 1.54) is 11.1 Å². The largest absolute Gasteiger partial charge is 0.508 e. The van der Waals surface area contributed by atoms with Crippen LogP contribution in [-0.4, -0.2) is 16.8 Å². The highest BCUT2D eigenvalue weighted by Crippen LogP contribution is 2.33. The van der Waals surface area contributed by atoms with Gasteiger partial charge in [0.15, 0.2) is 0 Å². The average Bonchev–Trinajstić information content (AvgIpc) is 2.63. The lowest BCUT2D eigenvalue weighted by molar-refractivity contribution is 0.166. The number of aliphatic hydroxyl groups is 1. The van der Waals surface area contributed by atoms with E-state index >= 15 is 0 Å². The van der Waals surface area contributed by atoms with Crippen LogP contribution >= 0.6 is 0 Å². The monoisotopic (exact) mass is 207 g/mol. The van der Waals surface area contributed by atoms with Gasteiger partial charge in [0, 0.05) is 5.56 Å². The molecule has 0 radical (unpaired) electrons. The highest BCUT2D eigenvalue weighted by atomic mass is 16.3. The lowest BCUT2D eigenvalue weighted by atomic mass is 10.00. The van der Waals surface area contributed by atoms with Gasteiger partial charge in [-0.05, 0) is 55.5 Å². The number of fused-ring (bicyclic) bond motifs is 1. The van der Waals surface area contributed by atoms with Crippen molar-refractivity contribution in [2.45, 2.75) is 31.8 Å². The molecule has 1 atom stereocenters. The van der Waals surface area contributed by atoms with Crippen molar-refractivity contribution in [3.63, 3.8) is 0 Å². The van der Waals surface area contributed by atoms with Crippen molar-refractivity contribution in [2.75, 3.05) is 6.54 Å². The van der Waals surface area contributed by atoms with Crippen molar-refractivity contribution in [2.24, 2.45) is 5.73 Å². The zero-order valence-electron chi connectivity index (χ0n) is 8.74. The van der Waals surface area contributed by atoms with Crippen LogP contribution < -0.4 is 5.73 Å². The maximum Gasteiger partial charge on any atom is 0.121 e. The molecule has 0 saturated carbocycles. The average molecular weight is 207 g/mol. The highest BCUT2D eigenvalue weighted by Gasteiger charge is 2.18. The van der Waals surface area contributed by atoms with E-state index in [-0.39, 0.29) is 5.75 Å². The SMILES string of the molecule is NCCC(O)c1cc2c(cc1O)CCC2. The summed E-state index contributed by atoms with van der Waals surface area (Å²) in [6.07, 6.45) is 3.09. The Morgan fingerprint density at radius 3 is 2.60 bits per heavy atom. The maximum atomic E-state index is 9.79. The van der Waals surface area contributed by atoms with Gasteiger partial charge in [0.05, 0.1) is 6.10 Å². The van der Waals surface area contributed by atoms with E-state index in [4.69, 9.17) is 5.73 Å². The van der Waals surface area contributed by atoms with Crippen LogP contribution in [0.3, 0.4) is 0 Å². The summed E-state index contributed by atoms with van der Waals surface area (Å²) in [7, 11) is 0. The number of aryl methyl sites for hydroxylation is 2. The molecule has 0 spiro atoms. The van der Waals surface area contributed by atoms with Gasteiger partial charge in [-0.25, -0.2) is 0 Å². The van der Waals surface area contributed by atoms with E-state index in [0.717, 1.165) is 19.3 Å². The maximum absolute atomic E-state index is 9.79. The lowest BCUT2D eigenvalue weighted by Crippen LogP contribution is -2.07. The summed E-state index contributed by atoms with van der Waals surface area (Å²) in [5, 5.41) is 19.6. The third-order valence-electron chi connectivity index (χ3n) is 3.04. The van der Waals surface area contributed by atoms with Crippen LogP contribution in [0.4, 0.5) is 0 Å². The Hall–Kier alpha value is -1.06. The first-order valence-corrected chi connectivity index (χ1v) is 5.45. The van der Waals surface area contributed by atoms with Gasteiger partial charge in [0.2, 0.25) is 0 Å². The molecule has 0 heterocycles. The first-order chi connectivity index (χ1) is 7.22. The van der Waals surface area contributed by atoms with E-state index in [9.17, 15) is 10.2 Å². The number of hydrogen-bond acceptors (Lipinski definition) is 3. The number of nitrogens with two attached hydrogens (primary N) is 1. The predicted molar refractivity (Wildman–Crippen MR) is 58.8 cm³/mol. The molecule has 1 unspecified atom stereocenters. The van der Waals surface area contributed by atoms with Gasteiger partial charge < -0.3 is 15.9 Å². The van der Waals surface area contributed by atoms with Gasteiger partial charge in [-0.3, -0.25) is 0 Å². The Balaban J connectivity index is 2.31. The number of aromatic hydroxyl groups is 1. The number of rotatable bonds is 3. The van der Waals surface area contributed by atoms with Crippen LogP contribution in [0.2, 0.25) is 0 Å². The van der Waals surface area contributed by atoms with Crippen LogP contribution in [-0.2, 0) is 12.8 Å². The molecule has 0 aromatic heterocycles. The normalized spacial score (nSPS) is 16.4. The van der Waals surface area contributed by atoms with Gasteiger partial charge in [0.25, 0.3) is 0 Å². The van der Waals surface area contributed by atoms with E-state index in [0.29, 0.717) is 18.5 Å². The smallest absolute Gasteiger partial charge is 0.121 e. The molecule has 82 valence electrons. The summed E-state index contributed by atoms with van der Waals surface area (Å²) >= 11 is 0.